The van der Waals surface area contributed by atoms with Gasteiger partial charge >= 0.3 is 0 Å². The molecule has 1 aromatic carbocycles. The first-order valence-corrected chi connectivity index (χ1v) is 6.98. The van der Waals surface area contributed by atoms with Crippen LogP contribution in [0, 0.1) is 10.1 Å². The molecule has 0 aromatic heterocycles. The van der Waals surface area contributed by atoms with Crippen LogP contribution in [-0.4, -0.2) is 26.3 Å². The molecule has 0 aliphatic rings. The normalized spacial score (nSPS) is 10.3. The number of benzene rings is 1. The maximum atomic E-state index is 11.0. The molecule has 6 nitrogen and oxygen atoms in total. The highest BCUT2D eigenvalue weighted by Gasteiger charge is 2.23. The Morgan fingerprint density at radius 2 is 1.43 bits per heavy atom. The summed E-state index contributed by atoms with van der Waals surface area (Å²) in [4.78, 5) is 10.5. The number of nitro benzene ring substituents is 1. The van der Waals surface area contributed by atoms with Gasteiger partial charge in [-0.25, -0.2) is 0 Å². The van der Waals surface area contributed by atoms with Crippen LogP contribution in [0.2, 0.25) is 0 Å². The van der Waals surface area contributed by atoms with Gasteiger partial charge in [0, 0.05) is 7.11 Å². The Bertz CT molecular complexity index is 421. The van der Waals surface area contributed by atoms with E-state index >= 15 is 0 Å². The molecule has 1 rings (SSSR count). The summed E-state index contributed by atoms with van der Waals surface area (Å²) < 4.78 is 15.2. The maximum Gasteiger partial charge on any atom is 0.279 e. The fourth-order valence-electron chi connectivity index (χ4n) is 1.49. The molecule has 0 aliphatic heterocycles. The molecule has 21 heavy (non-hydrogen) atoms. The molecular formula is C15H27NO5. The molecule has 0 aliphatic carbocycles. The van der Waals surface area contributed by atoms with Gasteiger partial charge in [0.2, 0.25) is 0 Å². The second-order valence-corrected chi connectivity index (χ2v) is 3.40. The van der Waals surface area contributed by atoms with E-state index in [2.05, 4.69) is 0 Å². The van der Waals surface area contributed by atoms with Crippen LogP contribution in [0.3, 0.4) is 0 Å². The number of hydrogen-bond acceptors (Lipinski definition) is 5. The van der Waals surface area contributed by atoms with Gasteiger partial charge < -0.3 is 14.2 Å². The first kappa shape index (κ1) is 21.5. The molecule has 0 N–H and O–H groups in total. The number of ether oxygens (including phenoxy) is 3. The Morgan fingerprint density at radius 1 is 1.00 bits per heavy atom. The Balaban J connectivity index is 0. The molecule has 6 heteroatoms. The van der Waals surface area contributed by atoms with Gasteiger partial charge in [0.1, 0.15) is 0 Å². The van der Waals surface area contributed by atoms with Crippen LogP contribution in [0.1, 0.15) is 46.3 Å². The van der Waals surface area contributed by atoms with Crippen LogP contribution >= 0.6 is 0 Å². The fourth-order valence-corrected chi connectivity index (χ4v) is 1.49. The topological polar surface area (TPSA) is 70.8 Å². The van der Waals surface area contributed by atoms with Gasteiger partial charge in [-0.3, -0.25) is 10.1 Å². The van der Waals surface area contributed by atoms with E-state index in [-0.39, 0.29) is 5.69 Å². The number of nitrogens with zero attached hydrogens (tertiary/aromatic N) is 1. The van der Waals surface area contributed by atoms with E-state index in [1.807, 2.05) is 27.7 Å². The van der Waals surface area contributed by atoms with E-state index in [9.17, 15) is 10.1 Å². The highest BCUT2D eigenvalue weighted by molar-refractivity contribution is 5.55. The van der Waals surface area contributed by atoms with Gasteiger partial charge in [-0.2, -0.15) is 0 Å². The molecule has 0 amide bonds. The summed E-state index contributed by atoms with van der Waals surface area (Å²) in [7, 11) is 4.40. The lowest BCUT2D eigenvalue weighted by Gasteiger charge is -2.14. The van der Waals surface area contributed by atoms with Crippen molar-refractivity contribution in [2.45, 2.75) is 40.7 Å². The molecule has 0 bridgehead atoms. The molecule has 0 heterocycles. The first-order chi connectivity index (χ1) is 10.0. The van der Waals surface area contributed by atoms with Crippen LogP contribution in [-0.2, 0) is 4.74 Å². The summed E-state index contributed by atoms with van der Waals surface area (Å²) in [5.74, 6) is 0.767. The molecule has 0 radical (unpaired) electrons. The lowest BCUT2D eigenvalue weighted by Crippen LogP contribution is -2.03. The average Bonchev–Trinajstić information content (AvgIpc) is 2.56. The van der Waals surface area contributed by atoms with Crippen LogP contribution in [0.15, 0.2) is 12.1 Å². The van der Waals surface area contributed by atoms with Gasteiger partial charge in [0.15, 0.2) is 11.5 Å². The first-order valence-electron chi connectivity index (χ1n) is 6.98. The third-order valence-corrected chi connectivity index (χ3v) is 2.52. The van der Waals surface area contributed by atoms with Crippen molar-refractivity contribution in [3.8, 4) is 11.5 Å². The minimum atomic E-state index is -0.465. The molecule has 0 fully saturated rings. The monoisotopic (exact) mass is 301 g/mol. The number of hydrogen-bond donors (Lipinski definition) is 0. The molecule has 0 saturated heterocycles. The van der Waals surface area contributed by atoms with E-state index in [0.29, 0.717) is 17.1 Å². The van der Waals surface area contributed by atoms with Gasteiger partial charge in [0.05, 0.1) is 36.9 Å². The Morgan fingerprint density at radius 3 is 1.76 bits per heavy atom. The van der Waals surface area contributed by atoms with Crippen molar-refractivity contribution < 1.29 is 19.1 Å². The van der Waals surface area contributed by atoms with E-state index in [0.717, 1.165) is 0 Å². The van der Waals surface area contributed by atoms with Crippen molar-refractivity contribution in [2.75, 3.05) is 21.3 Å². The molecule has 122 valence electrons. The van der Waals surface area contributed by atoms with Gasteiger partial charge in [-0.15, -0.1) is 0 Å². The summed E-state index contributed by atoms with van der Waals surface area (Å²) in [6.07, 6.45) is -0.393. The van der Waals surface area contributed by atoms with E-state index in [1.54, 1.807) is 13.0 Å². The second-order valence-electron chi connectivity index (χ2n) is 3.40. The zero-order chi connectivity index (χ0) is 17.0. The molecule has 0 saturated carbocycles. The zero-order valence-corrected chi connectivity index (χ0v) is 14.2. The Labute approximate surface area is 127 Å². The summed E-state index contributed by atoms with van der Waals surface area (Å²) in [5, 5.41) is 11.0. The van der Waals surface area contributed by atoms with Crippen molar-refractivity contribution >= 4 is 5.69 Å². The highest BCUT2D eigenvalue weighted by atomic mass is 16.6. The zero-order valence-electron chi connectivity index (χ0n) is 14.2. The van der Waals surface area contributed by atoms with Crippen molar-refractivity contribution in [1.82, 2.24) is 0 Å². The van der Waals surface area contributed by atoms with Crippen molar-refractivity contribution in [1.29, 1.82) is 0 Å². The summed E-state index contributed by atoms with van der Waals surface area (Å²) >= 11 is 0. The lowest BCUT2D eigenvalue weighted by atomic mass is 10.1. The summed E-state index contributed by atoms with van der Waals surface area (Å²) in [6.45, 7) is 9.73. The Hall–Kier alpha value is -1.82. The highest BCUT2D eigenvalue weighted by Crippen LogP contribution is 2.37. The summed E-state index contributed by atoms with van der Waals surface area (Å²) in [5.41, 5.74) is 0.409. The minimum absolute atomic E-state index is 0.0444. The molecule has 1 unspecified atom stereocenters. The van der Waals surface area contributed by atoms with E-state index in [1.165, 1.54) is 27.4 Å². The summed E-state index contributed by atoms with van der Waals surface area (Å²) in [6, 6.07) is 2.90. The Kier molecular flexibility index (Phi) is 12.2. The van der Waals surface area contributed by atoms with E-state index in [4.69, 9.17) is 14.2 Å². The molecule has 0 spiro atoms. The van der Waals surface area contributed by atoms with Crippen molar-refractivity contribution in [3.05, 3.63) is 27.8 Å². The standard InChI is InChI=1S/C11H15NO5.2C2H6/c1-7(15-2)8-5-10(16-3)11(17-4)6-9(8)12(13)14;2*1-2/h5-7H,1-4H3;2*1-2H3. The predicted molar refractivity (Wildman–Crippen MR) is 84.3 cm³/mol. The fraction of sp³-hybridized carbons (Fsp3) is 0.600. The van der Waals surface area contributed by atoms with Crippen molar-refractivity contribution in [2.24, 2.45) is 0 Å². The SMILES string of the molecule is CC.CC.COc1cc(C(C)OC)c([N+](=O)[O-])cc1OC. The third-order valence-electron chi connectivity index (χ3n) is 2.52. The smallest absolute Gasteiger partial charge is 0.279 e. The lowest BCUT2D eigenvalue weighted by molar-refractivity contribution is -0.386. The van der Waals surface area contributed by atoms with Crippen LogP contribution in [0.5, 0.6) is 11.5 Å². The van der Waals surface area contributed by atoms with Crippen LogP contribution in [0.25, 0.3) is 0 Å². The predicted octanol–water partition coefficient (Wildman–Crippen LogP) is 4.37. The van der Waals surface area contributed by atoms with Gasteiger partial charge in [0.25, 0.3) is 5.69 Å². The second kappa shape index (κ2) is 12.0. The van der Waals surface area contributed by atoms with Gasteiger partial charge in [-0.1, -0.05) is 27.7 Å². The van der Waals surface area contributed by atoms with E-state index < -0.39 is 11.0 Å². The molecule has 1 atom stereocenters. The van der Waals surface area contributed by atoms with Crippen LogP contribution < -0.4 is 9.47 Å². The van der Waals surface area contributed by atoms with Gasteiger partial charge in [-0.05, 0) is 13.0 Å². The third kappa shape index (κ3) is 5.99. The maximum absolute atomic E-state index is 11.0. The minimum Gasteiger partial charge on any atom is -0.493 e. The largest absolute Gasteiger partial charge is 0.493 e. The van der Waals surface area contributed by atoms with Crippen molar-refractivity contribution in [3.63, 3.8) is 0 Å². The number of nitro groups is 1. The quantitative estimate of drug-likeness (QED) is 0.596. The average molecular weight is 301 g/mol. The van der Waals surface area contributed by atoms with Crippen LogP contribution in [0.4, 0.5) is 5.69 Å². The molecular weight excluding hydrogens is 274 g/mol. The number of methoxy groups -OCH3 is 3. The number of rotatable bonds is 5. The molecule has 1 aromatic rings.